The van der Waals surface area contributed by atoms with E-state index in [4.69, 9.17) is 4.74 Å². The normalized spacial score (nSPS) is 18.8. The summed E-state index contributed by atoms with van der Waals surface area (Å²) in [7, 11) is 0. The summed E-state index contributed by atoms with van der Waals surface area (Å²) in [5, 5.41) is 0. The van der Waals surface area contributed by atoms with Gasteiger partial charge in [0.25, 0.3) is 0 Å². The van der Waals surface area contributed by atoms with Gasteiger partial charge in [-0.05, 0) is 31.3 Å². The van der Waals surface area contributed by atoms with Crippen molar-refractivity contribution in [1.29, 1.82) is 0 Å². The minimum atomic E-state index is -0.112. The smallest absolute Gasteiger partial charge is 0.117 e. The first-order valence-corrected chi connectivity index (χ1v) is 7.71. The van der Waals surface area contributed by atoms with Crippen LogP contribution in [0.15, 0.2) is 38.8 Å². The van der Waals surface area contributed by atoms with Crippen LogP contribution in [0.1, 0.15) is 25.7 Å². The summed E-state index contributed by atoms with van der Waals surface area (Å²) in [6, 6.07) is 0. The quantitative estimate of drug-likeness (QED) is 0.458. The van der Waals surface area contributed by atoms with Gasteiger partial charge in [0.15, 0.2) is 0 Å². The summed E-state index contributed by atoms with van der Waals surface area (Å²) in [6.07, 6.45) is 13.1. The average molecular weight is 332 g/mol. The van der Waals surface area contributed by atoms with Crippen LogP contribution >= 0.6 is 21.3 Å². The maximum absolute atomic E-state index is 5.64. The van der Waals surface area contributed by atoms with Crippen molar-refractivity contribution in [3.05, 3.63) is 35.7 Å². The number of halogens is 1. The van der Waals surface area contributed by atoms with Crippen molar-refractivity contribution in [1.82, 2.24) is 3.53 Å². The van der Waals surface area contributed by atoms with Gasteiger partial charge in [0.05, 0.1) is 12.8 Å². The van der Waals surface area contributed by atoms with Crippen LogP contribution in [-0.4, -0.2) is 13.2 Å². The molecule has 0 aromatic heterocycles. The first-order valence-electron chi connectivity index (χ1n) is 5.67. The summed E-state index contributed by atoms with van der Waals surface area (Å²) >= 11 is -0.112. The molecule has 0 saturated heterocycles. The Labute approximate surface area is 107 Å². The van der Waals surface area contributed by atoms with Gasteiger partial charge in [-0.15, -0.1) is 0 Å². The Bertz CT molecular complexity index is 345. The van der Waals surface area contributed by atoms with Crippen LogP contribution in [0.3, 0.4) is 0 Å². The van der Waals surface area contributed by atoms with E-state index in [1.807, 2.05) is 6.20 Å². The van der Waals surface area contributed by atoms with Gasteiger partial charge in [-0.2, -0.15) is 0 Å². The first kappa shape index (κ1) is 12.0. The highest BCUT2D eigenvalue weighted by Crippen LogP contribution is 2.15. The molecule has 0 amide bonds. The van der Waals surface area contributed by atoms with Crippen LogP contribution in [0.25, 0.3) is 0 Å². The molecular weight excluding hydrogens is 315 g/mol. The van der Waals surface area contributed by atoms with Crippen LogP contribution in [0.4, 0.5) is 0 Å². The van der Waals surface area contributed by atoms with E-state index >= 15 is 0 Å². The standard InChI is InChI=1S/C12H17IN2O/c1-2-5-11(6-3-1)10-16-8-4-7-12-9-14-13-15-12/h2,5-6,9H,1,3-4,7-8,10H2,(H,14,15). The van der Waals surface area contributed by atoms with E-state index in [-0.39, 0.29) is 21.3 Å². The Balaban J connectivity index is 1.52. The molecule has 1 N–H and O–H groups in total. The van der Waals surface area contributed by atoms with Gasteiger partial charge < -0.3 is 8.27 Å². The van der Waals surface area contributed by atoms with Crippen LogP contribution in [0, 0.1) is 0 Å². The molecule has 0 fully saturated rings. The molecule has 1 aliphatic heterocycles. The Morgan fingerprint density at radius 3 is 3.19 bits per heavy atom. The molecule has 2 aliphatic rings. The van der Waals surface area contributed by atoms with E-state index in [9.17, 15) is 0 Å². The highest BCUT2D eigenvalue weighted by molar-refractivity contribution is 14.1. The molecule has 0 spiro atoms. The van der Waals surface area contributed by atoms with Gasteiger partial charge in [-0.3, -0.25) is 0 Å². The van der Waals surface area contributed by atoms with E-state index in [2.05, 4.69) is 24.9 Å². The summed E-state index contributed by atoms with van der Waals surface area (Å²) in [5.41, 5.74) is 2.61. The van der Waals surface area contributed by atoms with Gasteiger partial charge in [-0.1, -0.05) is 18.2 Å². The maximum atomic E-state index is 5.64. The van der Waals surface area contributed by atoms with Crippen LogP contribution in [-0.2, 0) is 4.74 Å². The molecule has 16 heavy (non-hydrogen) atoms. The van der Waals surface area contributed by atoms with Crippen LogP contribution in [0.5, 0.6) is 0 Å². The van der Waals surface area contributed by atoms with Crippen molar-refractivity contribution in [2.24, 2.45) is 3.15 Å². The number of ether oxygens (including phenoxy) is 1. The van der Waals surface area contributed by atoms with Gasteiger partial charge in [0, 0.05) is 12.3 Å². The number of allylic oxidation sites excluding steroid dienone is 3. The number of nitrogens with zero attached hydrogens (tertiary/aromatic N) is 1. The molecule has 3 nitrogen and oxygen atoms in total. The second-order valence-corrected chi connectivity index (χ2v) is 5.42. The fourth-order valence-electron chi connectivity index (χ4n) is 1.63. The van der Waals surface area contributed by atoms with E-state index in [1.165, 1.54) is 17.7 Å². The van der Waals surface area contributed by atoms with Gasteiger partial charge in [0.2, 0.25) is 0 Å². The fraction of sp³-hybridized carbons (Fsp3) is 0.500. The van der Waals surface area contributed by atoms with Crippen molar-refractivity contribution in [3.8, 4) is 0 Å². The molecule has 0 saturated carbocycles. The third-order valence-corrected chi connectivity index (χ3v) is 3.98. The largest absolute Gasteiger partial charge is 0.377 e. The number of rotatable bonds is 6. The zero-order valence-corrected chi connectivity index (χ0v) is 11.4. The molecule has 0 radical (unpaired) electrons. The summed E-state index contributed by atoms with van der Waals surface area (Å²) in [5.74, 6) is 0. The number of nitrogens with one attached hydrogen (secondary N) is 1. The highest BCUT2D eigenvalue weighted by Gasteiger charge is 2.01. The van der Waals surface area contributed by atoms with E-state index in [0.717, 1.165) is 32.5 Å². The molecule has 2 rings (SSSR count). The Morgan fingerprint density at radius 2 is 2.44 bits per heavy atom. The lowest BCUT2D eigenvalue weighted by Crippen LogP contribution is -2.02. The minimum absolute atomic E-state index is 0.112. The molecule has 1 aliphatic carbocycles. The SMILES string of the molecule is C1=CC(COCCCC2=CN=IN2)=CCC1. The molecular formula is C12H17IN2O. The lowest BCUT2D eigenvalue weighted by molar-refractivity contribution is 0.155. The Hall–Kier alpha value is -0.490. The molecule has 4 heteroatoms. The third kappa shape index (κ3) is 4.17. The lowest BCUT2D eigenvalue weighted by atomic mass is 10.1. The molecule has 0 atom stereocenters. The molecule has 0 aromatic rings. The molecule has 1 heterocycles. The van der Waals surface area contributed by atoms with Crippen molar-refractivity contribution >= 4 is 21.3 Å². The second-order valence-electron chi connectivity index (χ2n) is 3.85. The van der Waals surface area contributed by atoms with Crippen molar-refractivity contribution in [2.45, 2.75) is 25.7 Å². The van der Waals surface area contributed by atoms with Gasteiger partial charge in [0.1, 0.15) is 21.3 Å². The molecule has 0 unspecified atom stereocenters. The van der Waals surface area contributed by atoms with E-state index < -0.39 is 0 Å². The predicted molar refractivity (Wildman–Crippen MR) is 74.2 cm³/mol. The van der Waals surface area contributed by atoms with Crippen molar-refractivity contribution in [3.63, 3.8) is 0 Å². The molecule has 0 bridgehead atoms. The number of hydrogen-bond acceptors (Lipinski definition) is 3. The summed E-state index contributed by atoms with van der Waals surface area (Å²) < 4.78 is 13.2. The van der Waals surface area contributed by atoms with Crippen molar-refractivity contribution < 1.29 is 4.74 Å². The summed E-state index contributed by atoms with van der Waals surface area (Å²) in [6.45, 7) is 1.60. The van der Waals surface area contributed by atoms with Gasteiger partial charge in [-0.25, -0.2) is 3.15 Å². The first-order chi connectivity index (χ1) is 7.95. The average Bonchev–Trinajstić information content (AvgIpc) is 2.83. The summed E-state index contributed by atoms with van der Waals surface area (Å²) in [4.78, 5) is 0. The zero-order valence-electron chi connectivity index (χ0n) is 9.29. The predicted octanol–water partition coefficient (Wildman–Crippen LogP) is 3.57. The zero-order chi connectivity index (χ0) is 11.1. The second kappa shape index (κ2) is 6.96. The molecule has 0 aromatic carbocycles. The molecule has 88 valence electrons. The Morgan fingerprint density at radius 1 is 1.44 bits per heavy atom. The minimum Gasteiger partial charge on any atom is -0.377 e. The van der Waals surface area contributed by atoms with Crippen LogP contribution < -0.4 is 3.53 Å². The highest BCUT2D eigenvalue weighted by atomic mass is 127. The van der Waals surface area contributed by atoms with Crippen LogP contribution in [0.2, 0.25) is 0 Å². The van der Waals surface area contributed by atoms with E-state index in [0.29, 0.717) is 0 Å². The monoisotopic (exact) mass is 332 g/mol. The number of hydrogen-bond donors (Lipinski definition) is 1. The van der Waals surface area contributed by atoms with E-state index in [1.54, 1.807) is 0 Å². The topological polar surface area (TPSA) is 33.6 Å². The lowest BCUT2D eigenvalue weighted by Gasteiger charge is -2.08. The van der Waals surface area contributed by atoms with Gasteiger partial charge >= 0.3 is 0 Å². The van der Waals surface area contributed by atoms with Crippen molar-refractivity contribution in [2.75, 3.05) is 13.2 Å². The maximum Gasteiger partial charge on any atom is 0.117 e. The third-order valence-electron chi connectivity index (χ3n) is 2.49. The fourth-order valence-corrected chi connectivity index (χ4v) is 2.96. The Kier molecular flexibility index (Phi) is 5.21.